The fraction of sp³-hybridized carbons (Fsp3) is 0.333. The third-order valence-electron chi connectivity index (χ3n) is 4.22. The number of hydrogen-bond acceptors (Lipinski definition) is 3. The normalized spacial score (nSPS) is 11.9. The molecule has 2 amide bonds. The second kappa shape index (κ2) is 10.1. The Labute approximate surface area is 165 Å². The molecular formula is C21H26ClN3O2. The van der Waals surface area contributed by atoms with E-state index in [2.05, 4.69) is 29.7 Å². The van der Waals surface area contributed by atoms with Gasteiger partial charge in [0.2, 0.25) is 11.8 Å². The largest absolute Gasteiger partial charge is 0.348 e. The van der Waals surface area contributed by atoms with Crippen molar-refractivity contribution in [2.75, 3.05) is 25.5 Å². The van der Waals surface area contributed by atoms with Crippen LogP contribution in [0.15, 0.2) is 48.5 Å². The summed E-state index contributed by atoms with van der Waals surface area (Å²) in [6.45, 7) is 4.33. The highest BCUT2D eigenvalue weighted by atomic mass is 35.5. The molecule has 0 heterocycles. The molecule has 2 aromatic carbocycles. The molecule has 2 rings (SSSR count). The van der Waals surface area contributed by atoms with Crippen LogP contribution in [0.2, 0.25) is 5.02 Å². The van der Waals surface area contributed by atoms with Crippen molar-refractivity contribution in [2.24, 2.45) is 0 Å². The molecule has 0 bridgehead atoms. The van der Waals surface area contributed by atoms with E-state index in [0.29, 0.717) is 10.7 Å². The number of halogens is 1. The highest BCUT2D eigenvalue weighted by Gasteiger charge is 2.14. The first kappa shape index (κ1) is 20.9. The fourth-order valence-corrected chi connectivity index (χ4v) is 2.82. The van der Waals surface area contributed by atoms with Gasteiger partial charge < -0.3 is 10.6 Å². The van der Waals surface area contributed by atoms with Crippen molar-refractivity contribution in [3.05, 3.63) is 64.7 Å². The smallest absolute Gasteiger partial charge is 0.238 e. The van der Waals surface area contributed by atoms with E-state index in [1.807, 2.05) is 19.1 Å². The van der Waals surface area contributed by atoms with Crippen molar-refractivity contribution in [1.29, 1.82) is 0 Å². The summed E-state index contributed by atoms with van der Waals surface area (Å²) in [6.07, 6.45) is 0.990. The molecule has 0 spiro atoms. The zero-order valence-electron chi connectivity index (χ0n) is 16.0. The van der Waals surface area contributed by atoms with Crippen LogP contribution < -0.4 is 10.6 Å². The lowest BCUT2D eigenvalue weighted by molar-refractivity contribution is -0.123. The second-order valence-corrected chi connectivity index (χ2v) is 7.05. The van der Waals surface area contributed by atoms with Crippen molar-refractivity contribution >= 4 is 29.1 Å². The lowest BCUT2D eigenvalue weighted by Crippen LogP contribution is -2.39. The van der Waals surface area contributed by atoms with E-state index in [-0.39, 0.29) is 30.9 Å². The molecule has 2 N–H and O–H groups in total. The van der Waals surface area contributed by atoms with Crippen molar-refractivity contribution in [3.63, 3.8) is 0 Å². The van der Waals surface area contributed by atoms with Crippen LogP contribution in [0.4, 0.5) is 5.69 Å². The SMILES string of the molecule is CCc1ccc([C@H](C)NC(=O)CN(C)CC(=O)Nc2ccc(Cl)cc2)cc1. The van der Waals surface area contributed by atoms with Gasteiger partial charge in [-0.25, -0.2) is 0 Å². The molecule has 0 unspecified atom stereocenters. The predicted molar refractivity (Wildman–Crippen MR) is 110 cm³/mol. The summed E-state index contributed by atoms with van der Waals surface area (Å²) >= 11 is 5.83. The molecule has 0 saturated heterocycles. The maximum atomic E-state index is 12.2. The number of carbonyl (C=O) groups excluding carboxylic acids is 2. The topological polar surface area (TPSA) is 61.4 Å². The highest BCUT2D eigenvalue weighted by Crippen LogP contribution is 2.14. The molecule has 27 heavy (non-hydrogen) atoms. The van der Waals surface area contributed by atoms with E-state index in [9.17, 15) is 9.59 Å². The Kier molecular flexibility index (Phi) is 7.82. The average molecular weight is 388 g/mol. The number of benzene rings is 2. The van der Waals surface area contributed by atoms with E-state index in [1.54, 1.807) is 36.2 Å². The fourth-order valence-electron chi connectivity index (χ4n) is 2.69. The first-order chi connectivity index (χ1) is 12.9. The van der Waals surface area contributed by atoms with Crippen LogP contribution in [-0.2, 0) is 16.0 Å². The number of nitrogens with one attached hydrogen (secondary N) is 2. The maximum Gasteiger partial charge on any atom is 0.238 e. The van der Waals surface area contributed by atoms with E-state index in [4.69, 9.17) is 11.6 Å². The Hall–Kier alpha value is -2.37. The molecule has 0 aromatic heterocycles. The summed E-state index contributed by atoms with van der Waals surface area (Å²) in [5.41, 5.74) is 3.00. The summed E-state index contributed by atoms with van der Waals surface area (Å²) in [5, 5.41) is 6.36. The van der Waals surface area contributed by atoms with Crippen LogP contribution in [0.1, 0.15) is 31.0 Å². The van der Waals surface area contributed by atoms with E-state index in [0.717, 1.165) is 12.0 Å². The maximum absolute atomic E-state index is 12.2. The molecule has 144 valence electrons. The molecule has 6 heteroatoms. The summed E-state index contributed by atoms with van der Waals surface area (Å²) in [7, 11) is 1.74. The Morgan fingerprint density at radius 3 is 2.19 bits per heavy atom. The number of aryl methyl sites for hydroxylation is 1. The molecule has 1 atom stereocenters. The standard InChI is InChI=1S/C21H26ClN3O2/c1-4-16-5-7-17(8-6-16)15(2)23-20(26)13-25(3)14-21(27)24-19-11-9-18(22)10-12-19/h5-12,15H,4,13-14H2,1-3H3,(H,23,26)(H,24,27)/t15-/m0/s1. The van der Waals surface area contributed by atoms with Crippen LogP contribution in [-0.4, -0.2) is 36.9 Å². The van der Waals surface area contributed by atoms with Gasteiger partial charge in [0.15, 0.2) is 0 Å². The Morgan fingerprint density at radius 1 is 1.00 bits per heavy atom. The van der Waals surface area contributed by atoms with Crippen molar-refractivity contribution in [2.45, 2.75) is 26.3 Å². The number of likely N-dealkylation sites (N-methyl/N-ethyl adjacent to an activating group) is 1. The monoisotopic (exact) mass is 387 g/mol. The minimum atomic E-state index is -0.184. The Morgan fingerprint density at radius 2 is 1.59 bits per heavy atom. The van der Waals surface area contributed by atoms with Gasteiger partial charge in [0, 0.05) is 10.7 Å². The lowest BCUT2D eigenvalue weighted by Gasteiger charge is -2.19. The Balaban J connectivity index is 1.78. The minimum absolute atomic E-state index is 0.0836. The van der Waals surface area contributed by atoms with Crippen LogP contribution in [0, 0.1) is 0 Å². The molecule has 0 aliphatic rings. The van der Waals surface area contributed by atoms with Gasteiger partial charge in [-0.05, 0) is 55.8 Å². The van der Waals surface area contributed by atoms with Crippen molar-refractivity contribution in [3.8, 4) is 0 Å². The molecule has 2 aromatic rings. The molecular weight excluding hydrogens is 362 g/mol. The summed E-state index contributed by atoms with van der Waals surface area (Å²) in [4.78, 5) is 26.0. The van der Waals surface area contributed by atoms with E-state index >= 15 is 0 Å². The van der Waals surface area contributed by atoms with E-state index in [1.165, 1.54) is 5.56 Å². The van der Waals surface area contributed by atoms with Crippen LogP contribution >= 0.6 is 11.6 Å². The molecule has 0 saturated carbocycles. The van der Waals surface area contributed by atoms with Gasteiger partial charge in [0.25, 0.3) is 0 Å². The van der Waals surface area contributed by atoms with Gasteiger partial charge in [-0.1, -0.05) is 42.8 Å². The number of hydrogen-bond donors (Lipinski definition) is 2. The summed E-state index contributed by atoms with van der Waals surface area (Å²) in [5.74, 6) is -0.306. The van der Waals surface area contributed by atoms with Gasteiger partial charge in [-0.3, -0.25) is 14.5 Å². The summed E-state index contributed by atoms with van der Waals surface area (Å²) in [6, 6.07) is 15.0. The van der Waals surface area contributed by atoms with Gasteiger partial charge in [0.05, 0.1) is 19.1 Å². The van der Waals surface area contributed by atoms with Crippen LogP contribution in [0.5, 0.6) is 0 Å². The zero-order valence-corrected chi connectivity index (χ0v) is 16.7. The second-order valence-electron chi connectivity index (χ2n) is 6.61. The van der Waals surface area contributed by atoms with E-state index < -0.39 is 0 Å². The van der Waals surface area contributed by atoms with Gasteiger partial charge >= 0.3 is 0 Å². The lowest BCUT2D eigenvalue weighted by atomic mass is 10.1. The van der Waals surface area contributed by atoms with Gasteiger partial charge in [-0.2, -0.15) is 0 Å². The minimum Gasteiger partial charge on any atom is -0.348 e. The average Bonchev–Trinajstić information content (AvgIpc) is 2.63. The molecule has 5 nitrogen and oxygen atoms in total. The molecule has 0 fully saturated rings. The summed E-state index contributed by atoms with van der Waals surface area (Å²) < 4.78 is 0. The molecule has 0 radical (unpaired) electrons. The highest BCUT2D eigenvalue weighted by molar-refractivity contribution is 6.30. The number of rotatable bonds is 8. The number of nitrogens with zero attached hydrogens (tertiary/aromatic N) is 1. The first-order valence-corrected chi connectivity index (χ1v) is 9.37. The quantitative estimate of drug-likeness (QED) is 0.726. The number of carbonyl (C=O) groups is 2. The number of anilines is 1. The molecule has 0 aliphatic heterocycles. The third kappa shape index (κ3) is 7.04. The predicted octanol–water partition coefficient (Wildman–Crippen LogP) is 3.65. The Bertz CT molecular complexity index is 760. The van der Waals surface area contributed by atoms with Gasteiger partial charge in [-0.15, -0.1) is 0 Å². The van der Waals surface area contributed by atoms with Crippen LogP contribution in [0.25, 0.3) is 0 Å². The molecule has 0 aliphatic carbocycles. The van der Waals surface area contributed by atoms with Crippen molar-refractivity contribution in [1.82, 2.24) is 10.2 Å². The third-order valence-corrected chi connectivity index (χ3v) is 4.47. The number of amides is 2. The van der Waals surface area contributed by atoms with Crippen molar-refractivity contribution < 1.29 is 9.59 Å². The zero-order chi connectivity index (χ0) is 19.8. The first-order valence-electron chi connectivity index (χ1n) is 8.99. The van der Waals surface area contributed by atoms with Gasteiger partial charge in [0.1, 0.15) is 0 Å². The van der Waals surface area contributed by atoms with Crippen LogP contribution in [0.3, 0.4) is 0 Å².